The molecule has 1 N–H and O–H groups in total. The van der Waals surface area contributed by atoms with E-state index < -0.39 is 27.3 Å². The van der Waals surface area contributed by atoms with Gasteiger partial charge in [0.25, 0.3) is 0 Å². The predicted octanol–water partition coefficient (Wildman–Crippen LogP) is 1.87. The molecule has 96 valence electrons. The molecule has 1 rings (SSSR count). The van der Waals surface area contributed by atoms with Crippen LogP contribution in [0, 0.1) is 11.3 Å². The summed E-state index contributed by atoms with van der Waals surface area (Å²) in [6.45, 7) is 0. The Kier molecular flexibility index (Phi) is 4.96. The Labute approximate surface area is 114 Å². The zero-order chi connectivity index (χ0) is 13.8. The normalized spacial score (nSPS) is 10.7. The smallest absolute Gasteiger partial charge is 0.239 e. The van der Waals surface area contributed by atoms with E-state index >= 15 is 0 Å². The van der Waals surface area contributed by atoms with Gasteiger partial charge in [-0.3, -0.25) is 4.79 Å². The SMILES string of the molecule is N#CCS(=O)(=O)CC(=O)Nc1ccc(Cl)c(Cl)c1. The molecule has 0 aromatic heterocycles. The fraction of sp³-hybridized carbons (Fsp3) is 0.200. The van der Waals surface area contributed by atoms with Gasteiger partial charge in [0.1, 0.15) is 11.5 Å². The number of hydrogen-bond acceptors (Lipinski definition) is 4. The van der Waals surface area contributed by atoms with Crippen LogP contribution in [0.4, 0.5) is 5.69 Å². The lowest BCUT2D eigenvalue weighted by molar-refractivity contribution is -0.113. The van der Waals surface area contributed by atoms with Gasteiger partial charge >= 0.3 is 0 Å². The van der Waals surface area contributed by atoms with Crippen LogP contribution in [0.5, 0.6) is 0 Å². The number of nitrogens with zero attached hydrogens (tertiary/aromatic N) is 1. The highest BCUT2D eigenvalue weighted by molar-refractivity contribution is 7.92. The molecule has 0 atom stereocenters. The highest BCUT2D eigenvalue weighted by Gasteiger charge is 2.16. The maximum absolute atomic E-state index is 11.4. The first kappa shape index (κ1) is 14.8. The molecule has 1 amide bonds. The first-order chi connectivity index (χ1) is 8.34. The minimum absolute atomic E-state index is 0.245. The molecular weight excluding hydrogens is 299 g/mol. The Bertz CT molecular complexity index is 608. The lowest BCUT2D eigenvalue weighted by Gasteiger charge is -2.05. The number of sulfone groups is 1. The second kappa shape index (κ2) is 6.05. The molecule has 0 saturated carbocycles. The fourth-order valence-electron chi connectivity index (χ4n) is 1.12. The van der Waals surface area contributed by atoms with E-state index in [9.17, 15) is 13.2 Å². The third kappa shape index (κ3) is 4.53. The predicted molar refractivity (Wildman–Crippen MR) is 69.4 cm³/mol. The summed E-state index contributed by atoms with van der Waals surface area (Å²) in [6.07, 6.45) is 0. The van der Waals surface area contributed by atoms with Crippen molar-refractivity contribution >= 4 is 44.6 Å². The summed E-state index contributed by atoms with van der Waals surface area (Å²) >= 11 is 11.4. The molecule has 0 fully saturated rings. The Balaban J connectivity index is 2.71. The minimum Gasteiger partial charge on any atom is -0.325 e. The summed E-state index contributed by atoms with van der Waals surface area (Å²) in [7, 11) is -3.70. The van der Waals surface area contributed by atoms with Gasteiger partial charge < -0.3 is 5.32 Å². The van der Waals surface area contributed by atoms with Gasteiger partial charge in [-0.2, -0.15) is 5.26 Å². The number of anilines is 1. The number of halogens is 2. The number of carbonyl (C=O) groups is 1. The zero-order valence-electron chi connectivity index (χ0n) is 8.98. The summed E-state index contributed by atoms with van der Waals surface area (Å²) < 4.78 is 22.4. The van der Waals surface area contributed by atoms with Crippen molar-refractivity contribution in [1.82, 2.24) is 0 Å². The van der Waals surface area contributed by atoms with Crippen molar-refractivity contribution in [3.8, 4) is 6.07 Å². The van der Waals surface area contributed by atoms with Crippen LogP contribution in [0.25, 0.3) is 0 Å². The molecule has 0 spiro atoms. The van der Waals surface area contributed by atoms with E-state index in [0.717, 1.165) is 0 Å². The van der Waals surface area contributed by atoms with Crippen molar-refractivity contribution in [3.05, 3.63) is 28.2 Å². The molecule has 5 nitrogen and oxygen atoms in total. The number of nitriles is 1. The molecule has 0 radical (unpaired) electrons. The largest absolute Gasteiger partial charge is 0.325 e. The topological polar surface area (TPSA) is 87.0 Å². The maximum atomic E-state index is 11.4. The standard InChI is InChI=1S/C10H8Cl2N2O3S/c11-8-2-1-7(5-9(8)12)14-10(15)6-18(16,17)4-3-13/h1-2,5H,4,6H2,(H,14,15). The maximum Gasteiger partial charge on any atom is 0.239 e. The molecule has 0 unspecified atom stereocenters. The van der Waals surface area contributed by atoms with Crippen LogP contribution in [0.3, 0.4) is 0 Å². The Morgan fingerprint density at radius 1 is 1.33 bits per heavy atom. The second-order valence-corrected chi connectivity index (χ2v) is 6.25. The van der Waals surface area contributed by atoms with Gasteiger partial charge in [-0.15, -0.1) is 0 Å². The van der Waals surface area contributed by atoms with Crippen molar-refractivity contribution in [2.75, 3.05) is 16.8 Å². The van der Waals surface area contributed by atoms with Crippen LogP contribution in [0.15, 0.2) is 18.2 Å². The summed E-state index contributed by atoms with van der Waals surface area (Å²) in [6, 6.07) is 5.85. The number of nitrogens with one attached hydrogen (secondary N) is 1. The van der Waals surface area contributed by atoms with Gasteiger partial charge in [-0.1, -0.05) is 23.2 Å². The first-order valence-electron chi connectivity index (χ1n) is 4.66. The van der Waals surface area contributed by atoms with Crippen LogP contribution >= 0.6 is 23.2 Å². The highest BCUT2D eigenvalue weighted by Crippen LogP contribution is 2.24. The quantitative estimate of drug-likeness (QED) is 0.920. The number of amides is 1. The van der Waals surface area contributed by atoms with Gasteiger partial charge in [0.2, 0.25) is 5.91 Å². The van der Waals surface area contributed by atoms with E-state index in [0.29, 0.717) is 10.7 Å². The molecule has 8 heteroatoms. The van der Waals surface area contributed by atoms with E-state index in [-0.39, 0.29) is 5.02 Å². The lowest BCUT2D eigenvalue weighted by Crippen LogP contribution is -2.24. The lowest BCUT2D eigenvalue weighted by atomic mass is 10.3. The summed E-state index contributed by atoms with van der Waals surface area (Å²) in [5.74, 6) is -2.17. The molecule has 0 saturated heterocycles. The van der Waals surface area contributed by atoms with E-state index in [1.165, 1.54) is 24.3 Å². The van der Waals surface area contributed by atoms with Crippen LogP contribution in [-0.2, 0) is 14.6 Å². The van der Waals surface area contributed by atoms with Crippen molar-refractivity contribution in [1.29, 1.82) is 5.26 Å². The molecule has 1 aromatic carbocycles. The molecule has 1 aromatic rings. The Morgan fingerprint density at radius 2 is 2.00 bits per heavy atom. The average Bonchev–Trinajstić information content (AvgIpc) is 2.22. The van der Waals surface area contributed by atoms with E-state index in [4.69, 9.17) is 28.5 Å². The number of benzene rings is 1. The van der Waals surface area contributed by atoms with E-state index in [1.807, 2.05) is 0 Å². The molecule has 18 heavy (non-hydrogen) atoms. The minimum atomic E-state index is -3.70. The average molecular weight is 307 g/mol. The van der Waals surface area contributed by atoms with Gasteiger partial charge in [-0.25, -0.2) is 8.42 Å². The number of carbonyl (C=O) groups excluding carboxylic acids is 1. The molecule has 0 heterocycles. The Morgan fingerprint density at radius 3 is 2.56 bits per heavy atom. The molecule has 0 aliphatic carbocycles. The summed E-state index contributed by atoms with van der Waals surface area (Å²) in [5.41, 5.74) is 0.335. The summed E-state index contributed by atoms with van der Waals surface area (Å²) in [5, 5.41) is 11.2. The monoisotopic (exact) mass is 306 g/mol. The summed E-state index contributed by atoms with van der Waals surface area (Å²) in [4.78, 5) is 11.4. The van der Waals surface area contributed by atoms with Crippen molar-refractivity contribution in [2.24, 2.45) is 0 Å². The second-order valence-electron chi connectivity index (χ2n) is 3.37. The van der Waals surface area contributed by atoms with Gasteiger partial charge in [0.05, 0.1) is 16.1 Å². The van der Waals surface area contributed by atoms with Gasteiger partial charge in [-0.05, 0) is 18.2 Å². The van der Waals surface area contributed by atoms with Crippen molar-refractivity contribution in [2.45, 2.75) is 0 Å². The van der Waals surface area contributed by atoms with Crippen molar-refractivity contribution < 1.29 is 13.2 Å². The molecule has 0 aliphatic heterocycles. The highest BCUT2D eigenvalue weighted by atomic mass is 35.5. The number of hydrogen-bond donors (Lipinski definition) is 1. The first-order valence-corrected chi connectivity index (χ1v) is 7.24. The number of rotatable bonds is 4. The van der Waals surface area contributed by atoms with Crippen LogP contribution in [-0.4, -0.2) is 25.8 Å². The van der Waals surface area contributed by atoms with E-state index in [2.05, 4.69) is 5.32 Å². The molecule has 0 bridgehead atoms. The molecular formula is C10H8Cl2N2O3S. The Hall–Kier alpha value is -1.29. The van der Waals surface area contributed by atoms with Crippen LogP contribution in [0.2, 0.25) is 10.0 Å². The third-order valence-electron chi connectivity index (χ3n) is 1.84. The van der Waals surface area contributed by atoms with Gasteiger partial charge in [0, 0.05) is 5.69 Å². The zero-order valence-corrected chi connectivity index (χ0v) is 11.3. The van der Waals surface area contributed by atoms with Crippen molar-refractivity contribution in [3.63, 3.8) is 0 Å². The molecule has 0 aliphatic rings. The van der Waals surface area contributed by atoms with E-state index in [1.54, 1.807) is 0 Å². The fourth-order valence-corrected chi connectivity index (χ4v) is 2.19. The van der Waals surface area contributed by atoms with Gasteiger partial charge in [0.15, 0.2) is 9.84 Å². The van der Waals surface area contributed by atoms with Crippen LogP contribution in [0.1, 0.15) is 0 Å². The third-order valence-corrected chi connectivity index (χ3v) is 3.85. The van der Waals surface area contributed by atoms with Crippen LogP contribution < -0.4 is 5.32 Å².